The van der Waals surface area contributed by atoms with Crippen molar-refractivity contribution >= 4 is 115 Å². The largest absolute Gasteiger partial charge is 0.481 e. The van der Waals surface area contributed by atoms with Gasteiger partial charge >= 0.3 is 23.9 Å². The lowest BCUT2D eigenvalue weighted by molar-refractivity contribution is -0.144. The first-order valence-electron chi connectivity index (χ1n) is 21.4. The number of carboxylic acid groups (broad SMARTS) is 4. The van der Waals surface area contributed by atoms with Gasteiger partial charge in [0.05, 0.1) is 26.1 Å². The number of rotatable bonds is 26. The number of hydrogen-bond acceptors (Lipinski definition) is 22. The molecule has 74 heavy (non-hydrogen) atoms. The highest BCUT2D eigenvalue weighted by atomic mass is 32.2. The van der Waals surface area contributed by atoms with Crippen molar-refractivity contribution in [3.63, 3.8) is 0 Å². The molecule has 0 spiro atoms. The lowest BCUT2D eigenvalue weighted by Crippen LogP contribution is -2.33. The SMILES string of the molecule is O=C(O)CC(Nc1nc(Nc2ccc(/C=C/c3ccc(Nc4nc(NC(CC(=O)O)C(=O)O)nc(N(CCO)c5ccccc5)n4)cc3S(=O)(=O)O)c(S(=O)(=O)O)c2)nc(N(CCO)c2ccccc2)n1)C(=O)O. The Balaban J connectivity index is 1.35. The summed E-state index contributed by atoms with van der Waals surface area (Å²) in [5, 5.41) is 68.1. The van der Waals surface area contributed by atoms with E-state index in [1.54, 1.807) is 60.7 Å². The summed E-state index contributed by atoms with van der Waals surface area (Å²) < 4.78 is 72.1. The highest BCUT2D eigenvalue weighted by Crippen LogP contribution is 2.31. The number of aliphatic hydroxyl groups excluding tert-OH is 2. The number of aliphatic hydroxyl groups is 2. The summed E-state index contributed by atoms with van der Waals surface area (Å²) in [5.74, 6) is -7.98. The van der Waals surface area contributed by atoms with E-state index in [9.17, 15) is 75.8 Å². The summed E-state index contributed by atoms with van der Waals surface area (Å²) in [6.45, 7) is -1.02. The second-order valence-corrected chi connectivity index (χ2v) is 18.1. The maximum Gasteiger partial charge on any atom is 0.326 e. The molecule has 0 saturated heterocycles. The zero-order valence-electron chi connectivity index (χ0n) is 38.0. The standard InChI is InChI=1S/C44H44N12O16S2/c57-19-17-55(29-7-3-1-4-8-29)43-51-39(49-41(53-43)47-31(37(63)64)23-35(59)60)45-27-15-13-25(33(21-27)73(67,68)69)11-12-26-14-16-28(22-34(26)74(70,71)72)46-40-50-42(48-32(38(65)66)24-36(61)62)54-44(52-40)56(18-20-58)30-9-5-2-6-10-30/h1-16,21-22,31-32,57-58H,17-20,23-24H2,(H,59,60)(H,61,62)(H,63,64)(H,65,66)(H,67,68,69)(H,70,71,72)(H2,45,47,49,51,53)(H2,46,48,50,52,54)/b12-11+. The molecule has 0 saturated carbocycles. The van der Waals surface area contributed by atoms with Crippen molar-refractivity contribution in [3.8, 4) is 0 Å². The molecule has 0 aliphatic heterocycles. The van der Waals surface area contributed by atoms with Crippen LogP contribution in [0.25, 0.3) is 12.2 Å². The van der Waals surface area contributed by atoms with E-state index >= 15 is 0 Å². The second kappa shape index (κ2) is 24.0. The number of carboxylic acids is 4. The van der Waals surface area contributed by atoms with E-state index in [1.807, 2.05) is 0 Å². The number of para-hydroxylation sites is 2. The first-order valence-corrected chi connectivity index (χ1v) is 24.3. The zero-order chi connectivity index (χ0) is 53.7. The number of aromatic nitrogens is 6. The molecule has 0 aliphatic carbocycles. The Labute approximate surface area is 419 Å². The van der Waals surface area contributed by atoms with Crippen molar-refractivity contribution < 1.29 is 75.8 Å². The molecule has 0 amide bonds. The molecule has 2 aromatic heterocycles. The summed E-state index contributed by atoms with van der Waals surface area (Å²) in [6.07, 6.45) is 0.407. The minimum absolute atomic E-state index is 0.0934. The van der Waals surface area contributed by atoms with Crippen LogP contribution in [0.3, 0.4) is 0 Å². The number of hydrogen-bond donors (Lipinski definition) is 12. The van der Waals surface area contributed by atoms with Gasteiger partial charge in [0.1, 0.15) is 21.9 Å². The maximum absolute atomic E-state index is 12.8. The molecular formula is C44H44N12O16S2. The predicted octanol–water partition coefficient (Wildman–Crippen LogP) is 3.15. The van der Waals surface area contributed by atoms with Crippen molar-refractivity contribution in [1.82, 2.24) is 29.9 Å². The van der Waals surface area contributed by atoms with Crippen molar-refractivity contribution in [2.24, 2.45) is 0 Å². The average molecular weight is 1060 g/mol. The van der Waals surface area contributed by atoms with Gasteiger partial charge in [0.25, 0.3) is 20.2 Å². The van der Waals surface area contributed by atoms with Gasteiger partial charge in [-0.2, -0.15) is 46.7 Å². The normalized spacial score (nSPS) is 12.3. The lowest BCUT2D eigenvalue weighted by Gasteiger charge is -2.23. The highest BCUT2D eigenvalue weighted by Gasteiger charge is 2.27. The highest BCUT2D eigenvalue weighted by molar-refractivity contribution is 7.86. The number of nitrogens with zero attached hydrogens (tertiary/aromatic N) is 8. The second-order valence-electron chi connectivity index (χ2n) is 15.3. The molecule has 30 heteroatoms. The van der Waals surface area contributed by atoms with Crippen LogP contribution in [0.4, 0.5) is 58.4 Å². The fourth-order valence-corrected chi connectivity index (χ4v) is 8.18. The Morgan fingerprint density at radius 3 is 1.18 bits per heavy atom. The van der Waals surface area contributed by atoms with E-state index in [1.165, 1.54) is 34.1 Å². The van der Waals surface area contributed by atoms with Gasteiger partial charge in [0.15, 0.2) is 0 Å². The molecule has 12 N–H and O–H groups in total. The van der Waals surface area contributed by atoms with E-state index in [0.29, 0.717) is 11.4 Å². The van der Waals surface area contributed by atoms with Crippen LogP contribution >= 0.6 is 0 Å². The molecule has 4 aromatic carbocycles. The van der Waals surface area contributed by atoms with Gasteiger partial charge in [-0.3, -0.25) is 18.7 Å². The van der Waals surface area contributed by atoms with E-state index in [2.05, 4.69) is 51.2 Å². The van der Waals surface area contributed by atoms with E-state index < -0.39 is 104 Å². The number of carbonyl (C=O) groups is 4. The Kier molecular flexibility index (Phi) is 17.6. The van der Waals surface area contributed by atoms with Gasteiger partial charge in [0.2, 0.25) is 35.7 Å². The van der Waals surface area contributed by atoms with Gasteiger partial charge in [-0.25, -0.2) is 9.59 Å². The van der Waals surface area contributed by atoms with Crippen LogP contribution in [-0.4, -0.2) is 149 Å². The van der Waals surface area contributed by atoms with Crippen LogP contribution in [0.2, 0.25) is 0 Å². The van der Waals surface area contributed by atoms with Crippen molar-refractivity contribution in [1.29, 1.82) is 0 Å². The molecular weight excluding hydrogens is 1020 g/mol. The Morgan fingerprint density at radius 2 is 0.865 bits per heavy atom. The van der Waals surface area contributed by atoms with Gasteiger partial charge < -0.3 is 61.7 Å². The minimum atomic E-state index is -5.09. The van der Waals surface area contributed by atoms with Crippen molar-refractivity contribution in [2.45, 2.75) is 34.7 Å². The Bertz CT molecular complexity index is 3070. The molecule has 2 unspecified atom stereocenters. The fourth-order valence-electron chi connectivity index (χ4n) is 6.76. The molecule has 2 heterocycles. The van der Waals surface area contributed by atoms with E-state index in [0.717, 1.165) is 24.3 Å². The van der Waals surface area contributed by atoms with Crippen LogP contribution in [0, 0.1) is 0 Å². The summed E-state index contributed by atoms with van der Waals surface area (Å²) in [6, 6.07) is 20.1. The number of aliphatic carboxylic acids is 4. The Morgan fingerprint density at radius 1 is 0.514 bits per heavy atom. The average Bonchev–Trinajstić information content (AvgIpc) is 3.33. The first kappa shape index (κ1) is 54.4. The third-order valence-corrected chi connectivity index (χ3v) is 11.8. The van der Waals surface area contributed by atoms with E-state index in [-0.39, 0.29) is 59.4 Å². The van der Waals surface area contributed by atoms with E-state index in [4.69, 9.17) is 0 Å². The molecule has 6 rings (SSSR count). The lowest BCUT2D eigenvalue weighted by atomic mass is 10.1. The summed E-state index contributed by atoms with van der Waals surface area (Å²) in [4.78, 5) is 73.7. The quantitative estimate of drug-likeness (QED) is 0.0274. The van der Waals surface area contributed by atoms with Crippen molar-refractivity contribution in [3.05, 3.63) is 108 Å². The van der Waals surface area contributed by atoms with Crippen LogP contribution in [0.15, 0.2) is 107 Å². The monoisotopic (exact) mass is 1060 g/mol. The maximum atomic E-state index is 12.8. The first-order chi connectivity index (χ1) is 35.1. The molecule has 28 nitrogen and oxygen atoms in total. The fraction of sp³-hybridized carbons (Fsp3) is 0.182. The molecule has 0 bridgehead atoms. The van der Waals surface area contributed by atoms with Crippen LogP contribution in [-0.2, 0) is 39.4 Å². The molecule has 2 atom stereocenters. The van der Waals surface area contributed by atoms with Gasteiger partial charge in [-0.05, 0) is 59.7 Å². The zero-order valence-corrected chi connectivity index (χ0v) is 39.7. The number of benzene rings is 4. The minimum Gasteiger partial charge on any atom is -0.481 e. The summed E-state index contributed by atoms with van der Waals surface area (Å²) in [7, 11) is -10.2. The molecule has 0 radical (unpaired) electrons. The molecule has 0 aliphatic rings. The Hall–Kier alpha value is -8.94. The topological polar surface area (TPSA) is 430 Å². The van der Waals surface area contributed by atoms with Crippen LogP contribution in [0.5, 0.6) is 0 Å². The number of nitrogens with one attached hydrogen (secondary N) is 4. The van der Waals surface area contributed by atoms with Crippen LogP contribution in [0.1, 0.15) is 24.0 Å². The predicted molar refractivity (Wildman–Crippen MR) is 263 cm³/mol. The molecule has 388 valence electrons. The van der Waals surface area contributed by atoms with Gasteiger partial charge in [0, 0.05) is 35.8 Å². The van der Waals surface area contributed by atoms with Gasteiger partial charge in [-0.1, -0.05) is 60.7 Å². The smallest absolute Gasteiger partial charge is 0.326 e. The molecule has 0 fully saturated rings. The third kappa shape index (κ3) is 14.8. The number of anilines is 10. The summed E-state index contributed by atoms with van der Waals surface area (Å²) >= 11 is 0. The van der Waals surface area contributed by atoms with Gasteiger partial charge in [-0.15, -0.1) is 0 Å². The molecule has 6 aromatic rings. The van der Waals surface area contributed by atoms with Crippen LogP contribution < -0.4 is 31.1 Å². The third-order valence-electron chi connectivity index (χ3n) is 10.0. The van der Waals surface area contributed by atoms with Crippen molar-refractivity contribution in [2.75, 3.05) is 57.4 Å². The summed E-state index contributed by atoms with van der Waals surface area (Å²) in [5.41, 5.74) is 0.309.